The van der Waals surface area contributed by atoms with Gasteiger partial charge in [0.1, 0.15) is 10.4 Å². The number of ketones is 1. The summed E-state index contributed by atoms with van der Waals surface area (Å²) in [5.41, 5.74) is 0. The summed E-state index contributed by atoms with van der Waals surface area (Å²) in [5, 5.41) is -0.339. The van der Waals surface area contributed by atoms with E-state index in [9.17, 15) is 4.79 Å². The summed E-state index contributed by atoms with van der Waals surface area (Å²) in [6, 6.07) is 0. The normalized spacial score (nSPS) is 28.4. The molecule has 0 bridgehead atoms. The molecule has 0 heterocycles. The average molecular weight is 171 g/mol. The lowest BCUT2D eigenvalue weighted by atomic mass is 10.1. The summed E-state index contributed by atoms with van der Waals surface area (Å²) in [5.74, 6) is -0.279. The van der Waals surface area contributed by atoms with Crippen LogP contribution >= 0.6 is 34.8 Å². The minimum absolute atomic E-state index is 0.0756. The maximum atomic E-state index is 10.4. The van der Waals surface area contributed by atoms with Crippen molar-refractivity contribution >= 4 is 40.6 Å². The lowest BCUT2D eigenvalue weighted by Gasteiger charge is -2.16. The monoisotopic (exact) mass is 170 g/mol. The molecule has 0 aromatic rings. The van der Waals surface area contributed by atoms with E-state index in [2.05, 4.69) is 0 Å². The Kier molecular flexibility index (Phi) is 1.52. The van der Waals surface area contributed by atoms with Crippen LogP contribution in [-0.4, -0.2) is 11.2 Å². The lowest BCUT2D eigenvalue weighted by molar-refractivity contribution is -0.115. The Labute approximate surface area is 61.2 Å². The lowest BCUT2D eigenvalue weighted by Crippen LogP contribution is -2.26. The number of carbonyl (C=O) groups is 1. The second-order valence-electron chi connectivity index (χ2n) is 1.39. The molecule has 0 N–H and O–H groups in total. The molecule has 44 valence electrons. The number of hydrogen-bond donors (Lipinski definition) is 0. The van der Waals surface area contributed by atoms with Crippen LogP contribution in [0.25, 0.3) is 0 Å². The molecule has 1 atom stereocenters. The van der Waals surface area contributed by atoms with Crippen molar-refractivity contribution in [3.8, 4) is 0 Å². The Balaban J connectivity index is 2.90. The largest absolute Gasteiger partial charge is 0.291 e. The number of carbonyl (C=O) groups excluding carboxylic acids is 1. The van der Waals surface area contributed by atoms with Crippen LogP contribution in [0.3, 0.4) is 0 Å². The van der Waals surface area contributed by atoms with Gasteiger partial charge in [0, 0.05) is 0 Å². The predicted octanol–water partition coefficient (Wildman–Crippen LogP) is 1.87. The minimum Gasteiger partial charge on any atom is -0.291 e. The first-order valence-corrected chi connectivity index (χ1v) is 3.07. The molecule has 8 heavy (non-hydrogen) atoms. The molecule has 0 fully saturated rings. The number of halogens is 3. The van der Waals surface area contributed by atoms with Gasteiger partial charge in [0.05, 0.1) is 5.03 Å². The first-order chi connectivity index (χ1) is 3.64. The van der Waals surface area contributed by atoms with Crippen molar-refractivity contribution < 1.29 is 4.79 Å². The van der Waals surface area contributed by atoms with Gasteiger partial charge in [-0.05, 0) is 0 Å². The molecule has 0 saturated heterocycles. The highest BCUT2D eigenvalue weighted by Crippen LogP contribution is 2.34. The van der Waals surface area contributed by atoms with Gasteiger partial charge in [0.15, 0.2) is 5.78 Å². The minimum atomic E-state index is -0.677. The zero-order chi connectivity index (χ0) is 6.31. The topological polar surface area (TPSA) is 17.1 Å². The van der Waals surface area contributed by atoms with E-state index in [1.165, 1.54) is 0 Å². The highest BCUT2D eigenvalue weighted by molar-refractivity contribution is 6.61. The highest BCUT2D eigenvalue weighted by Gasteiger charge is 2.35. The fourth-order valence-electron chi connectivity index (χ4n) is 0.378. The van der Waals surface area contributed by atoms with E-state index < -0.39 is 5.38 Å². The summed E-state index contributed by atoms with van der Waals surface area (Å²) < 4.78 is 0. The zero-order valence-electron chi connectivity index (χ0n) is 3.62. The summed E-state index contributed by atoms with van der Waals surface area (Å²) in [7, 11) is 0. The summed E-state index contributed by atoms with van der Waals surface area (Å²) >= 11 is 15.9. The van der Waals surface area contributed by atoms with Crippen LogP contribution in [0.5, 0.6) is 0 Å². The van der Waals surface area contributed by atoms with Crippen molar-refractivity contribution in [3.05, 3.63) is 10.1 Å². The van der Waals surface area contributed by atoms with E-state index in [-0.39, 0.29) is 15.8 Å². The van der Waals surface area contributed by atoms with Crippen molar-refractivity contribution in [2.24, 2.45) is 0 Å². The second-order valence-corrected chi connectivity index (χ2v) is 2.61. The van der Waals surface area contributed by atoms with E-state index in [0.29, 0.717) is 0 Å². The van der Waals surface area contributed by atoms with E-state index >= 15 is 0 Å². The van der Waals surface area contributed by atoms with Gasteiger partial charge >= 0.3 is 0 Å². The molecular formula is C4HCl3O. The van der Waals surface area contributed by atoms with Crippen LogP contribution in [0, 0.1) is 0 Å². The van der Waals surface area contributed by atoms with Crippen LogP contribution in [0.2, 0.25) is 0 Å². The van der Waals surface area contributed by atoms with Crippen molar-refractivity contribution in [1.82, 2.24) is 0 Å². The van der Waals surface area contributed by atoms with Gasteiger partial charge in [0.2, 0.25) is 0 Å². The fraction of sp³-hybridized carbons (Fsp3) is 0.250. The first-order valence-electron chi connectivity index (χ1n) is 1.88. The first kappa shape index (κ1) is 6.40. The number of rotatable bonds is 0. The molecule has 0 spiro atoms. The van der Waals surface area contributed by atoms with Gasteiger partial charge in [-0.1, -0.05) is 23.2 Å². The number of allylic oxidation sites excluding steroid dienone is 2. The molecule has 4 heteroatoms. The number of hydrogen-bond acceptors (Lipinski definition) is 1. The maximum absolute atomic E-state index is 10.4. The van der Waals surface area contributed by atoms with Crippen LogP contribution in [0.15, 0.2) is 10.1 Å². The van der Waals surface area contributed by atoms with Crippen LogP contribution in [0.1, 0.15) is 0 Å². The molecule has 1 unspecified atom stereocenters. The molecule has 1 aliphatic carbocycles. The van der Waals surface area contributed by atoms with Crippen molar-refractivity contribution in [3.63, 3.8) is 0 Å². The third-order valence-corrected chi connectivity index (χ3v) is 2.30. The fourth-order valence-corrected chi connectivity index (χ4v) is 1.12. The van der Waals surface area contributed by atoms with E-state index in [1.807, 2.05) is 0 Å². The SMILES string of the molecule is O=C1C(Cl)=C(Cl)C1Cl. The smallest absolute Gasteiger partial charge is 0.198 e. The third-order valence-electron chi connectivity index (χ3n) is 0.879. The van der Waals surface area contributed by atoms with Crippen LogP contribution < -0.4 is 0 Å². The van der Waals surface area contributed by atoms with E-state index in [1.54, 1.807) is 0 Å². The molecular weight excluding hydrogens is 170 g/mol. The third kappa shape index (κ3) is 0.661. The Morgan fingerprint density at radius 2 is 1.88 bits per heavy atom. The number of alkyl halides is 1. The Morgan fingerprint density at radius 3 is 2.00 bits per heavy atom. The van der Waals surface area contributed by atoms with Crippen LogP contribution in [0.4, 0.5) is 0 Å². The quantitative estimate of drug-likeness (QED) is 0.509. The molecule has 0 saturated carbocycles. The second kappa shape index (κ2) is 1.90. The van der Waals surface area contributed by atoms with Crippen molar-refractivity contribution in [1.29, 1.82) is 0 Å². The Hall–Kier alpha value is 0.280. The van der Waals surface area contributed by atoms with Gasteiger partial charge in [-0.15, -0.1) is 11.6 Å². The van der Waals surface area contributed by atoms with Gasteiger partial charge in [-0.2, -0.15) is 0 Å². The average Bonchev–Trinajstić information content (AvgIpc) is 1.83. The van der Waals surface area contributed by atoms with Crippen LogP contribution in [-0.2, 0) is 4.79 Å². The van der Waals surface area contributed by atoms with E-state index in [4.69, 9.17) is 34.8 Å². The molecule has 0 radical (unpaired) electrons. The standard InChI is InChI=1S/C4HCl3O/c5-1-2(6)4(8)3(1)7/h2H. The molecule has 0 aromatic heterocycles. The highest BCUT2D eigenvalue weighted by atomic mass is 35.5. The van der Waals surface area contributed by atoms with Gasteiger partial charge in [-0.3, -0.25) is 4.79 Å². The molecule has 1 nitrogen and oxygen atoms in total. The summed E-state index contributed by atoms with van der Waals surface area (Å²) in [4.78, 5) is 10.4. The molecule has 0 aromatic carbocycles. The van der Waals surface area contributed by atoms with Gasteiger partial charge < -0.3 is 0 Å². The van der Waals surface area contributed by atoms with Gasteiger partial charge in [0.25, 0.3) is 0 Å². The Morgan fingerprint density at radius 1 is 1.38 bits per heavy atom. The number of Topliss-reactive ketones (excluding diaryl/α,β-unsaturated/α-hetero) is 1. The summed E-state index contributed by atoms with van der Waals surface area (Å²) in [6.45, 7) is 0. The van der Waals surface area contributed by atoms with E-state index in [0.717, 1.165) is 0 Å². The van der Waals surface area contributed by atoms with Gasteiger partial charge in [-0.25, -0.2) is 0 Å². The zero-order valence-corrected chi connectivity index (χ0v) is 5.89. The Bertz CT molecular complexity index is 172. The summed E-state index contributed by atoms with van der Waals surface area (Å²) in [6.07, 6.45) is 0. The molecule has 0 amide bonds. The molecule has 0 aliphatic heterocycles. The predicted molar refractivity (Wildman–Crippen MR) is 33.4 cm³/mol. The van der Waals surface area contributed by atoms with Crippen molar-refractivity contribution in [2.45, 2.75) is 5.38 Å². The molecule has 1 aliphatic rings. The maximum Gasteiger partial charge on any atom is 0.198 e. The molecule has 1 rings (SSSR count). The van der Waals surface area contributed by atoms with Crippen molar-refractivity contribution in [2.75, 3.05) is 0 Å².